The fourth-order valence-electron chi connectivity index (χ4n) is 1.48. The highest BCUT2D eigenvalue weighted by molar-refractivity contribution is 5.51. The second-order valence-corrected chi connectivity index (χ2v) is 3.68. The van der Waals surface area contributed by atoms with Gasteiger partial charge in [-0.2, -0.15) is 0 Å². The second-order valence-electron chi connectivity index (χ2n) is 3.68. The average molecular weight is 189 g/mol. The van der Waals surface area contributed by atoms with Crippen LogP contribution >= 0.6 is 0 Å². The lowest BCUT2D eigenvalue weighted by molar-refractivity contribution is 0.890. The normalized spacial score (nSPS) is 9.86. The molecule has 1 heteroatoms. The topological polar surface area (TPSA) is 12.0 Å². The van der Waals surface area contributed by atoms with Crippen molar-refractivity contribution in [2.75, 3.05) is 11.9 Å². The van der Waals surface area contributed by atoms with Gasteiger partial charge in [0.25, 0.3) is 0 Å². The van der Waals surface area contributed by atoms with E-state index in [2.05, 4.69) is 43.9 Å². The van der Waals surface area contributed by atoms with Gasteiger partial charge in [0.2, 0.25) is 0 Å². The number of anilines is 1. The Labute approximate surface area is 86.8 Å². The van der Waals surface area contributed by atoms with Gasteiger partial charge >= 0.3 is 0 Å². The molecule has 0 saturated carbocycles. The Morgan fingerprint density at radius 3 is 2.79 bits per heavy atom. The summed E-state index contributed by atoms with van der Waals surface area (Å²) in [4.78, 5) is 0. The second kappa shape index (κ2) is 5.48. The third-order valence-electron chi connectivity index (χ3n) is 2.28. The van der Waals surface area contributed by atoms with E-state index in [1.807, 2.05) is 6.08 Å². The predicted molar refractivity (Wildman–Crippen MR) is 63.8 cm³/mol. The average Bonchev–Trinajstić information content (AvgIpc) is 2.15. The Kier molecular flexibility index (Phi) is 4.24. The van der Waals surface area contributed by atoms with Crippen LogP contribution in [-0.4, -0.2) is 6.54 Å². The number of allylic oxidation sites excluding steroid dienone is 1. The minimum absolute atomic E-state index is 1.02. The molecule has 0 aliphatic rings. The standard InChI is InChI=1S/C13H19N/c1-4-5-6-9-14-13-8-7-11(2)10-12(13)3/h4,7-8,10,14H,1,5-6,9H2,2-3H3. The van der Waals surface area contributed by atoms with Crippen LogP contribution in [0.2, 0.25) is 0 Å². The summed E-state index contributed by atoms with van der Waals surface area (Å²) in [6, 6.07) is 6.50. The molecular formula is C13H19N. The molecule has 0 aromatic heterocycles. The van der Waals surface area contributed by atoms with Crippen LogP contribution in [-0.2, 0) is 0 Å². The van der Waals surface area contributed by atoms with Gasteiger partial charge in [0.15, 0.2) is 0 Å². The molecule has 0 radical (unpaired) electrons. The van der Waals surface area contributed by atoms with Crippen molar-refractivity contribution in [1.29, 1.82) is 0 Å². The third-order valence-corrected chi connectivity index (χ3v) is 2.28. The number of hydrogen-bond acceptors (Lipinski definition) is 1. The van der Waals surface area contributed by atoms with E-state index < -0.39 is 0 Å². The van der Waals surface area contributed by atoms with E-state index in [0.29, 0.717) is 0 Å². The largest absolute Gasteiger partial charge is 0.385 e. The molecular weight excluding hydrogens is 170 g/mol. The summed E-state index contributed by atoms with van der Waals surface area (Å²) in [5, 5.41) is 3.43. The van der Waals surface area contributed by atoms with Crippen LogP contribution < -0.4 is 5.32 Å². The smallest absolute Gasteiger partial charge is 0.0370 e. The zero-order valence-corrected chi connectivity index (χ0v) is 9.14. The number of unbranched alkanes of at least 4 members (excludes halogenated alkanes) is 1. The molecule has 76 valence electrons. The highest BCUT2D eigenvalue weighted by atomic mass is 14.9. The third kappa shape index (κ3) is 3.25. The van der Waals surface area contributed by atoms with E-state index >= 15 is 0 Å². The zero-order chi connectivity index (χ0) is 10.4. The van der Waals surface area contributed by atoms with Crippen molar-refractivity contribution >= 4 is 5.69 Å². The van der Waals surface area contributed by atoms with E-state index in [1.165, 1.54) is 16.8 Å². The SMILES string of the molecule is C=CCCCNc1ccc(C)cc1C. The fraction of sp³-hybridized carbons (Fsp3) is 0.385. The number of benzene rings is 1. The first-order valence-electron chi connectivity index (χ1n) is 5.16. The Morgan fingerprint density at radius 2 is 2.14 bits per heavy atom. The van der Waals surface area contributed by atoms with Gasteiger partial charge in [0, 0.05) is 12.2 Å². The quantitative estimate of drug-likeness (QED) is 0.550. The maximum atomic E-state index is 3.71. The lowest BCUT2D eigenvalue weighted by atomic mass is 10.1. The Bertz CT molecular complexity index is 302. The highest BCUT2D eigenvalue weighted by Crippen LogP contribution is 2.15. The molecule has 14 heavy (non-hydrogen) atoms. The summed E-state index contributed by atoms with van der Waals surface area (Å²) in [7, 11) is 0. The number of aryl methyl sites for hydroxylation is 2. The molecule has 0 aliphatic heterocycles. The first-order chi connectivity index (χ1) is 6.74. The molecule has 0 spiro atoms. The Morgan fingerprint density at radius 1 is 1.36 bits per heavy atom. The molecule has 0 saturated heterocycles. The van der Waals surface area contributed by atoms with Gasteiger partial charge < -0.3 is 5.32 Å². The minimum Gasteiger partial charge on any atom is -0.385 e. The van der Waals surface area contributed by atoms with Crippen LogP contribution in [0.4, 0.5) is 5.69 Å². The number of rotatable bonds is 5. The molecule has 0 atom stereocenters. The van der Waals surface area contributed by atoms with Crippen molar-refractivity contribution in [1.82, 2.24) is 0 Å². The van der Waals surface area contributed by atoms with Gasteiger partial charge in [0.1, 0.15) is 0 Å². The summed E-state index contributed by atoms with van der Waals surface area (Å²) in [5.74, 6) is 0. The van der Waals surface area contributed by atoms with Crippen LogP contribution in [0.3, 0.4) is 0 Å². The van der Waals surface area contributed by atoms with E-state index in [1.54, 1.807) is 0 Å². The van der Waals surface area contributed by atoms with Crippen molar-refractivity contribution in [2.45, 2.75) is 26.7 Å². The molecule has 0 bridgehead atoms. The van der Waals surface area contributed by atoms with E-state index in [4.69, 9.17) is 0 Å². The molecule has 0 unspecified atom stereocenters. The van der Waals surface area contributed by atoms with Crippen molar-refractivity contribution in [3.63, 3.8) is 0 Å². The van der Waals surface area contributed by atoms with Crippen molar-refractivity contribution < 1.29 is 0 Å². The first-order valence-corrected chi connectivity index (χ1v) is 5.16. The summed E-state index contributed by atoms with van der Waals surface area (Å²) in [5.41, 5.74) is 3.89. The summed E-state index contributed by atoms with van der Waals surface area (Å²) >= 11 is 0. The Hall–Kier alpha value is -1.24. The highest BCUT2D eigenvalue weighted by Gasteiger charge is 1.96. The van der Waals surface area contributed by atoms with Gasteiger partial charge in [-0.15, -0.1) is 6.58 Å². The monoisotopic (exact) mass is 189 g/mol. The molecule has 1 aromatic carbocycles. The lowest BCUT2D eigenvalue weighted by Gasteiger charge is -2.09. The molecule has 0 fully saturated rings. The van der Waals surface area contributed by atoms with Gasteiger partial charge in [-0.25, -0.2) is 0 Å². The molecule has 1 rings (SSSR count). The first kappa shape index (κ1) is 10.8. The maximum absolute atomic E-state index is 3.71. The molecule has 0 heterocycles. The predicted octanol–water partition coefficient (Wildman–Crippen LogP) is 3.68. The summed E-state index contributed by atoms with van der Waals surface area (Å²) < 4.78 is 0. The van der Waals surface area contributed by atoms with Crippen molar-refractivity contribution in [2.24, 2.45) is 0 Å². The van der Waals surface area contributed by atoms with Crippen LogP contribution in [0.15, 0.2) is 30.9 Å². The van der Waals surface area contributed by atoms with E-state index in [0.717, 1.165) is 19.4 Å². The van der Waals surface area contributed by atoms with Crippen molar-refractivity contribution in [3.8, 4) is 0 Å². The fourth-order valence-corrected chi connectivity index (χ4v) is 1.48. The van der Waals surface area contributed by atoms with Gasteiger partial charge in [-0.05, 0) is 38.3 Å². The van der Waals surface area contributed by atoms with E-state index in [9.17, 15) is 0 Å². The molecule has 1 nitrogen and oxygen atoms in total. The molecule has 0 amide bonds. The Balaban J connectivity index is 2.46. The van der Waals surface area contributed by atoms with E-state index in [-0.39, 0.29) is 0 Å². The van der Waals surface area contributed by atoms with Crippen LogP contribution in [0, 0.1) is 13.8 Å². The molecule has 1 N–H and O–H groups in total. The maximum Gasteiger partial charge on any atom is 0.0370 e. The summed E-state index contributed by atoms with van der Waals surface area (Å²) in [6.07, 6.45) is 4.19. The molecule has 1 aromatic rings. The van der Waals surface area contributed by atoms with Crippen molar-refractivity contribution in [3.05, 3.63) is 42.0 Å². The van der Waals surface area contributed by atoms with Gasteiger partial charge in [-0.1, -0.05) is 23.8 Å². The minimum atomic E-state index is 1.02. The number of nitrogens with one attached hydrogen (secondary N) is 1. The lowest BCUT2D eigenvalue weighted by Crippen LogP contribution is -2.02. The molecule has 0 aliphatic carbocycles. The van der Waals surface area contributed by atoms with Gasteiger partial charge in [-0.3, -0.25) is 0 Å². The number of hydrogen-bond donors (Lipinski definition) is 1. The van der Waals surface area contributed by atoms with Crippen LogP contribution in [0.5, 0.6) is 0 Å². The van der Waals surface area contributed by atoms with Crippen LogP contribution in [0.1, 0.15) is 24.0 Å². The van der Waals surface area contributed by atoms with Gasteiger partial charge in [0.05, 0.1) is 0 Å². The summed E-state index contributed by atoms with van der Waals surface area (Å²) in [6.45, 7) is 8.99. The zero-order valence-electron chi connectivity index (χ0n) is 9.14. The van der Waals surface area contributed by atoms with Crippen LogP contribution in [0.25, 0.3) is 0 Å².